The average molecular weight is 512 g/mol. The molecule has 38 heavy (non-hydrogen) atoms. The highest BCUT2D eigenvalue weighted by atomic mass is 19.1. The molecule has 2 aromatic heterocycles. The number of nitrogens with zero attached hydrogens (tertiary/aromatic N) is 3. The number of halogens is 1. The Kier molecular flexibility index (Phi) is 7.23. The van der Waals surface area contributed by atoms with Crippen LogP contribution in [0.3, 0.4) is 0 Å². The summed E-state index contributed by atoms with van der Waals surface area (Å²) in [5.74, 6) is 0.0503. The van der Waals surface area contributed by atoms with Gasteiger partial charge in [0.2, 0.25) is 0 Å². The molecule has 6 nitrogen and oxygen atoms in total. The third-order valence-electron chi connectivity index (χ3n) is 7.48. The van der Waals surface area contributed by atoms with Crippen LogP contribution in [0.4, 0.5) is 4.39 Å². The fourth-order valence-corrected chi connectivity index (χ4v) is 5.08. The van der Waals surface area contributed by atoms with Gasteiger partial charge in [-0.05, 0) is 91.3 Å². The SMILES string of the molecule is Cc1cc(C(N)(CCC2CC2)c2ccc(F)c(CC(=O)c3cc(C)nn3-c3cccc(CN)c3)c2)ccn1. The number of ketones is 1. The second kappa shape index (κ2) is 10.6. The van der Waals surface area contributed by atoms with E-state index in [0.29, 0.717) is 29.4 Å². The highest BCUT2D eigenvalue weighted by Crippen LogP contribution is 2.40. The van der Waals surface area contributed by atoms with E-state index in [1.807, 2.05) is 50.2 Å². The third kappa shape index (κ3) is 5.44. The predicted octanol–water partition coefficient (Wildman–Crippen LogP) is 5.30. The molecule has 1 aliphatic carbocycles. The number of nitrogens with two attached hydrogens (primary N) is 2. The van der Waals surface area contributed by atoms with Crippen molar-refractivity contribution in [3.63, 3.8) is 0 Å². The second-order valence-electron chi connectivity index (χ2n) is 10.5. The molecule has 4 aromatic rings. The highest BCUT2D eigenvalue weighted by Gasteiger charge is 2.33. The summed E-state index contributed by atoms with van der Waals surface area (Å²) in [5.41, 5.74) is 17.9. The number of aromatic nitrogens is 3. The Bertz CT molecular complexity index is 1470. The number of hydrogen-bond donors (Lipinski definition) is 2. The van der Waals surface area contributed by atoms with Crippen LogP contribution < -0.4 is 11.5 Å². The van der Waals surface area contributed by atoms with Gasteiger partial charge in [-0.25, -0.2) is 9.07 Å². The Morgan fingerprint density at radius 1 is 1.05 bits per heavy atom. The van der Waals surface area contributed by atoms with E-state index in [2.05, 4.69) is 10.1 Å². The molecular formula is C31H34FN5O. The summed E-state index contributed by atoms with van der Waals surface area (Å²) < 4.78 is 16.7. The van der Waals surface area contributed by atoms with E-state index in [1.165, 1.54) is 18.9 Å². The highest BCUT2D eigenvalue weighted by molar-refractivity contribution is 5.96. The zero-order chi connectivity index (χ0) is 26.9. The zero-order valence-electron chi connectivity index (χ0n) is 22.0. The predicted molar refractivity (Wildman–Crippen MR) is 147 cm³/mol. The quantitative estimate of drug-likeness (QED) is 0.282. The number of pyridine rings is 1. The van der Waals surface area contributed by atoms with Crippen LogP contribution in [0.1, 0.15) is 69.8 Å². The minimum Gasteiger partial charge on any atom is -0.326 e. The lowest BCUT2D eigenvalue weighted by Crippen LogP contribution is -2.38. The summed E-state index contributed by atoms with van der Waals surface area (Å²) in [5, 5.41) is 4.53. The Labute approximate surface area is 222 Å². The molecule has 5 rings (SSSR count). The molecular weight excluding hydrogens is 477 g/mol. The lowest BCUT2D eigenvalue weighted by atomic mass is 9.79. The van der Waals surface area contributed by atoms with Crippen LogP contribution in [0.2, 0.25) is 0 Å². The standard InChI is InChI=1S/C31H34FN5O/c1-20-14-26(11-13-35-20)31(34,12-10-22-6-7-22)25-8-9-28(32)24(17-25)18-30(38)29-15-21(2)36-37(29)27-5-3-4-23(16-27)19-33/h3-5,8-9,11,13-17,22H,6-7,10,12,18-19,33-34H2,1-2H3. The molecule has 196 valence electrons. The molecule has 0 spiro atoms. The summed E-state index contributed by atoms with van der Waals surface area (Å²) in [6.45, 7) is 4.16. The molecule has 7 heteroatoms. The number of carbonyl (C=O) groups is 1. The molecule has 1 unspecified atom stereocenters. The van der Waals surface area contributed by atoms with Crippen molar-refractivity contribution in [3.8, 4) is 5.69 Å². The van der Waals surface area contributed by atoms with Gasteiger partial charge < -0.3 is 11.5 Å². The first-order valence-corrected chi connectivity index (χ1v) is 13.2. The van der Waals surface area contributed by atoms with Gasteiger partial charge in [-0.15, -0.1) is 0 Å². The normalized spacial score (nSPS) is 14.9. The molecule has 1 fully saturated rings. The van der Waals surface area contributed by atoms with Gasteiger partial charge in [0.05, 0.1) is 16.9 Å². The van der Waals surface area contributed by atoms with Crippen molar-refractivity contribution in [1.29, 1.82) is 0 Å². The van der Waals surface area contributed by atoms with E-state index < -0.39 is 11.4 Å². The zero-order valence-corrected chi connectivity index (χ0v) is 22.0. The Morgan fingerprint density at radius 3 is 2.58 bits per heavy atom. The van der Waals surface area contributed by atoms with Gasteiger partial charge in [0.25, 0.3) is 0 Å². The summed E-state index contributed by atoms with van der Waals surface area (Å²) in [7, 11) is 0. The molecule has 0 saturated heterocycles. The van der Waals surface area contributed by atoms with E-state index >= 15 is 4.39 Å². The monoisotopic (exact) mass is 511 g/mol. The van der Waals surface area contributed by atoms with Crippen LogP contribution in [0.5, 0.6) is 0 Å². The van der Waals surface area contributed by atoms with Crippen molar-refractivity contribution in [2.24, 2.45) is 17.4 Å². The first-order chi connectivity index (χ1) is 18.3. The van der Waals surface area contributed by atoms with Crippen molar-refractivity contribution >= 4 is 5.78 Å². The number of Topliss-reactive ketones (excluding diaryl/α,β-unsaturated/α-hetero) is 1. The first-order valence-electron chi connectivity index (χ1n) is 13.2. The minimum absolute atomic E-state index is 0.102. The topological polar surface area (TPSA) is 99.8 Å². The van der Waals surface area contributed by atoms with Gasteiger partial charge in [-0.2, -0.15) is 5.10 Å². The minimum atomic E-state index is -0.803. The van der Waals surface area contributed by atoms with Crippen molar-refractivity contribution in [2.45, 2.75) is 58.0 Å². The molecule has 1 saturated carbocycles. The van der Waals surface area contributed by atoms with Gasteiger partial charge in [-0.3, -0.25) is 9.78 Å². The number of rotatable bonds is 10. The third-order valence-corrected chi connectivity index (χ3v) is 7.48. The van der Waals surface area contributed by atoms with Crippen LogP contribution in [0.25, 0.3) is 5.69 Å². The molecule has 1 atom stereocenters. The van der Waals surface area contributed by atoms with Crippen LogP contribution in [-0.2, 0) is 18.5 Å². The molecule has 2 aromatic carbocycles. The summed E-state index contributed by atoms with van der Waals surface area (Å²) in [6.07, 6.45) is 5.87. The van der Waals surface area contributed by atoms with Crippen molar-refractivity contribution in [1.82, 2.24) is 14.8 Å². The Morgan fingerprint density at radius 2 is 1.84 bits per heavy atom. The van der Waals surface area contributed by atoms with E-state index in [1.54, 1.807) is 29.1 Å². The lowest BCUT2D eigenvalue weighted by Gasteiger charge is -2.32. The molecule has 1 aliphatic rings. The van der Waals surface area contributed by atoms with Gasteiger partial charge >= 0.3 is 0 Å². The van der Waals surface area contributed by atoms with Crippen LogP contribution >= 0.6 is 0 Å². The Balaban J connectivity index is 1.48. The number of carbonyl (C=O) groups excluding carboxylic acids is 1. The van der Waals surface area contributed by atoms with Crippen molar-refractivity contribution < 1.29 is 9.18 Å². The smallest absolute Gasteiger partial charge is 0.185 e. The van der Waals surface area contributed by atoms with E-state index in [0.717, 1.165) is 40.9 Å². The maximum atomic E-state index is 15.1. The van der Waals surface area contributed by atoms with Crippen LogP contribution in [-0.4, -0.2) is 20.5 Å². The van der Waals surface area contributed by atoms with Gasteiger partial charge in [0.1, 0.15) is 11.5 Å². The van der Waals surface area contributed by atoms with Crippen molar-refractivity contribution in [2.75, 3.05) is 0 Å². The average Bonchev–Trinajstić information content (AvgIpc) is 3.67. The number of hydrogen-bond acceptors (Lipinski definition) is 5. The maximum Gasteiger partial charge on any atom is 0.185 e. The molecule has 0 amide bonds. The fourth-order valence-electron chi connectivity index (χ4n) is 5.08. The molecule has 0 aliphatic heterocycles. The number of aryl methyl sites for hydroxylation is 2. The van der Waals surface area contributed by atoms with E-state index in [-0.39, 0.29) is 12.2 Å². The largest absolute Gasteiger partial charge is 0.326 e. The molecule has 0 bridgehead atoms. The Hall–Kier alpha value is -3.68. The number of benzene rings is 2. The van der Waals surface area contributed by atoms with Crippen LogP contribution in [0, 0.1) is 25.6 Å². The molecule has 4 N–H and O–H groups in total. The summed E-state index contributed by atoms with van der Waals surface area (Å²) >= 11 is 0. The summed E-state index contributed by atoms with van der Waals surface area (Å²) in [4.78, 5) is 17.9. The fraction of sp³-hybridized carbons (Fsp3) is 0.323. The molecule has 2 heterocycles. The maximum absolute atomic E-state index is 15.1. The lowest BCUT2D eigenvalue weighted by molar-refractivity contribution is 0.0984. The van der Waals surface area contributed by atoms with Crippen LogP contribution in [0.15, 0.2) is 66.9 Å². The van der Waals surface area contributed by atoms with E-state index in [4.69, 9.17) is 11.5 Å². The van der Waals surface area contributed by atoms with Gasteiger partial charge in [0.15, 0.2) is 5.78 Å². The van der Waals surface area contributed by atoms with Crippen molar-refractivity contribution in [3.05, 3.63) is 112 Å². The summed E-state index contributed by atoms with van der Waals surface area (Å²) in [6, 6.07) is 18.2. The van der Waals surface area contributed by atoms with E-state index in [9.17, 15) is 4.79 Å². The molecule has 0 radical (unpaired) electrons. The first kappa shape index (κ1) is 25.9. The van der Waals surface area contributed by atoms with Gasteiger partial charge in [-0.1, -0.05) is 37.1 Å². The second-order valence-corrected chi connectivity index (χ2v) is 10.5. The van der Waals surface area contributed by atoms with Gasteiger partial charge in [0, 0.05) is 24.9 Å².